The molecule has 0 bridgehead atoms. The van der Waals surface area contributed by atoms with Crippen molar-refractivity contribution < 1.29 is 9.47 Å². The number of ether oxygens (including phenoxy) is 2. The van der Waals surface area contributed by atoms with Crippen LogP contribution in [0.15, 0.2) is 30.3 Å². The summed E-state index contributed by atoms with van der Waals surface area (Å²) in [4.78, 5) is 0. The molecule has 0 N–H and O–H groups in total. The molecule has 0 aliphatic carbocycles. The van der Waals surface area contributed by atoms with Gasteiger partial charge >= 0.3 is 0 Å². The van der Waals surface area contributed by atoms with Crippen LogP contribution in [0.2, 0.25) is 0 Å². The van der Waals surface area contributed by atoms with Crippen molar-refractivity contribution in [3.63, 3.8) is 0 Å². The number of hydrogen-bond acceptors (Lipinski definition) is 2. The van der Waals surface area contributed by atoms with E-state index >= 15 is 0 Å². The Labute approximate surface area is 95.2 Å². The molecular weight excluding hydrogens is 202 g/mol. The van der Waals surface area contributed by atoms with Gasteiger partial charge in [-0.3, -0.25) is 0 Å². The van der Waals surface area contributed by atoms with Crippen LogP contribution in [0.25, 0.3) is 11.3 Å². The molecule has 1 aromatic carbocycles. The minimum absolute atomic E-state index is 0.801. The smallest absolute Gasteiger partial charge is 0.131 e. The maximum atomic E-state index is 5.36. The Kier molecular flexibility index (Phi) is 2.86. The van der Waals surface area contributed by atoms with E-state index in [0.717, 1.165) is 22.8 Å². The minimum Gasteiger partial charge on any atom is -0.496 e. The van der Waals surface area contributed by atoms with Gasteiger partial charge in [0, 0.05) is 7.05 Å². The lowest BCUT2D eigenvalue weighted by Gasteiger charge is -2.13. The van der Waals surface area contributed by atoms with Gasteiger partial charge in [0.25, 0.3) is 0 Å². The molecule has 1 aromatic heterocycles. The molecule has 0 aliphatic heterocycles. The Balaban J connectivity index is 2.66. The zero-order chi connectivity index (χ0) is 11.5. The number of aryl methyl sites for hydroxylation is 1. The second-order valence-corrected chi connectivity index (χ2v) is 3.44. The first-order valence-electron chi connectivity index (χ1n) is 5.02. The van der Waals surface area contributed by atoms with E-state index in [1.165, 1.54) is 0 Å². The van der Waals surface area contributed by atoms with Gasteiger partial charge in [-0.1, -0.05) is 6.07 Å². The molecule has 0 aliphatic rings. The van der Waals surface area contributed by atoms with Crippen molar-refractivity contribution in [1.82, 2.24) is 4.57 Å². The zero-order valence-electron chi connectivity index (χ0n) is 9.65. The molecule has 1 radical (unpaired) electrons. The van der Waals surface area contributed by atoms with Gasteiger partial charge in [0.05, 0.1) is 31.7 Å². The fourth-order valence-electron chi connectivity index (χ4n) is 1.76. The van der Waals surface area contributed by atoms with Gasteiger partial charge in [-0.15, -0.1) is 0 Å². The van der Waals surface area contributed by atoms with E-state index in [-0.39, 0.29) is 0 Å². The maximum absolute atomic E-state index is 5.36. The van der Waals surface area contributed by atoms with Crippen LogP contribution in [-0.2, 0) is 7.05 Å². The van der Waals surface area contributed by atoms with Crippen LogP contribution in [0, 0.1) is 6.20 Å². The average molecular weight is 216 g/mol. The lowest BCUT2D eigenvalue weighted by atomic mass is 10.1. The summed E-state index contributed by atoms with van der Waals surface area (Å²) in [5.41, 5.74) is 1.98. The van der Waals surface area contributed by atoms with Crippen molar-refractivity contribution in [2.24, 2.45) is 7.05 Å². The maximum Gasteiger partial charge on any atom is 0.131 e. The Morgan fingerprint density at radius 1 is 1.06 bits per heavy atom. The summed E-state index contributed by atoms with van der Waals surface area (Å²) in [5, 5.41) is 0. The highest BCUT2D eigenvalue weighted by atomic mass is 16.5. The van der Waals surface area contributed by atoms with E-state index in [2.05, 4.69) is 6.20 Å². The van der Waals surface area contributed by atoms with Crippen molar-refractivity contribution in [2.45, 2.75) is 0 Å². The van der Waals surface area contributed by atoms with E-state index in [4.69, 9.17) is 9.47 Å². The molecule has 2 rings (SSSR count). The molecule has 3 nitrogen and oxygen atoms in total. The third-order valence-electron chi connectivity index (χ3n) is 2.55. The highest BCUT2D eigenvalue weighted by molar-refractivity contribution is 5.74. The Bertz CT molecular complexity index is 466. The molecule has 1 heterocycles. The van der Waals surface area contributed by atoms with E-state index in [9.17, 15) is 0 Å². The quantitative estimate of drug-likeness (QED) is 0.787. The molecule has 3 heteroatoms. The first-order valence-corrected chi connectivity index (χ1v) is 5.02. The largest absolute Gasteiger partial charge is 0.496 e. The second-order valence-electron chi connectivity index (χ2n) is 3.44. The van der Waals surface area contributed by atoms with Crippen LogP contribution in [0.5, 0.6) is 11.5 Å². The van der Waals surface area contributed by atoms with Crippen LogP contribution < -0.4 is 9.47 Å². The third-order valence-corrected chi connectivity index (χ3v) is 2.55. The monoisotopic (exact) mass is 216 g/mol. The van der Waals surface area contributed by atoms with Gasteiger partial charge in [0.1, 0.15) is 11.5 Å². The van der Waals surface area contributed by atoms with E-state index < -0.39 is 0 Å². The van der Waals surface area contributed by atoms with Gasteiger partial charge in [-0.2, -0.15) is 0 Å². The van der Waals surface area contributed by atoms with Crippen LogP contribution >= 0.6 is 0 Å². The fraction of sp³-hybridized carbons (Fsp3) is 0.231. The van der Waals surface area contributed by atoms with Crippen molar-refractivity contribution >= 4 is 0 Å². The number of methoxy groups -OCH3 is 2. The molecule has 2 aromatic rings. The summed E-state index contributed by atoms with van der Waals surface area (Å²) < 4.78 is 12.6. The van der Waals surface area contributed by atoms with Crippen molar-refractivity contribution in [3.05, 3.63) is 36.5 Å². The SMILES string of the molecule is COc1cccc(OC)c1-c1cc[c]n1C. The van der Waals surface area contributed by atoms with Gasteiger partial charge in [-0.25, -0.2) is 0 Å². The summed E-state index contributed by atoms with van der Waals surface area (Å²) in [7, 11) is 5.26. The van der Waals surface area contributed by atoms with Crippen molar-refractivity contribution in [2.75, 3.05) is 14.2 Å². The Morgan fingerprint density at radius 3 is 2.12 bits per heavy atom. The molecule has 83 valence electrons. The molecular formula is C13H14NO2. The highest BCUT2D eigenvalue weighted by Crippen LogP contribution is 2.37. The zero-order valence-corrected chi connectivity index (χ0v) is 9.65. The van der Waals surface area contributed by atoms with Gasteiger partial charge in [0.15, 0.2) is 0 Å². The molecule has 0 fully saturated rings. The lowest BCUT2D eigenvalue weighted by Crippen LogP contribution is -1.96. The second kappa shape index (κ2) is 4.31. The molecule has 16 heavy (non-hydrogen) atoms. The van der Waals surface area contributed by atoms with E-state index in [0.29, 0.717) is 0 Å². The van der Waals surface area contributed by atoms with Gasteiger partial charge in [0.2, 0.25) is 0 Å². The molecule has 0 saturated heterocycles. The first kappa shape index (κ1) is 10.6. The lowest BCUT2D eigenvalue weighted by molar-refractivity contribution is 0.397. The van der Waals surface area contributed by atoms with Crippen LogP contribution in [0.1, 0.15) is 0 Å². The number of aromatic nitrogens is 1. The number of nitrogens with zero attached hydrogens (tertiary/aromatic N) is 1. The molecule has 0 atom stereocenters. The van der Waals surface area contributed by atoms with E-state index in [1.54, 1.807) is 14.2 Å². The molecule has 0 spiro atoms. The summed E-state index contributed by atoms with van der Waals surface area (Å²) in [6.45, 7) is 0. The molecule has 0 amide bonds. The summed E-state index contributed by atoms with van der Waals surface area (Å²) in [6, 6.07) is 9.62. The number of hydrogen-bond donors (Lipinski definition) is 0. The summed E-state index contributed by atoms with van der Waals surface area (Å²) in [5.74, 6) is 1.60. The predicted octanol–water partition coefficient (Wildman–Crippen LogP) is 2.51. The standard InChI is InChI=1S/C13H14NO2/c1-14-9-5-6-10(14)13-11(15-2)7-4-8-12(13)16-3/h4-8H,1-3H3. The predicted molar refractivity (Wildman–Crippen MR) is 62.8 cm³/mol. The van der Waals surface area contributed by atoms with Gasteiger partial charge < -0.3 is 14.0 Å². The average Bonchev–Trinajstić information content (AvgIpc) is 2.74. The molecule has 0 unspecified atom stereocenters. The fourth-order valence-corrected chi connectivity index (χ4v) is 1.76. The number of benzene rings is 1. The van der Waals surface area contributed by atoms with Crippen LogP contribution in [0.3, 0.4) is 0 Å². The summed E-state index contributed by atoms with van der Waals surface area (Å²) in [6.07, 6.45) is 3.08. The normalized spacial score (nSPS) is 10.2. The van der Waals surface area contributed by atoms with E-state index in [1.807, 2.05) is 41.9 Å². The Morgan fingerprint density at radius 2 is 1.69 bits per heavy atom. The first-order chi connectivity index (χ1) is 7.77. The minimum atomic E-state index is 0.801. The third kappa shape index (κ3) is 1.65. The number of rotatable bonds is 3. The van der Waals surface area contributed by atoms with Crippen LogP contribution in [-0.4, -0.2) is 18.8 Å². The highest BCUT2D eigenvalue weighted by Gasteiger charge is 2.14. The van der Waals surface area contributed by atoms with Gasteiger partial charge in [-0.05, 0) is 24.3 Å². The van der Waals surface area contributed by atoms with Crippen molar-refractivity contribution in [1.29, 1.82) is 0 Å². The van der Waals surface area contributed by atoms with Crippen LogP contribution in [0.4, 0.5) is 0 Å². The topological polar surface area (TPSA) is 23.4 Å². The Hall–Kier alpha value is -1.90. The molecule has 0 saturated carbocycles. The van der Waals surface area contributed by atoms with Crippen molar-refractivity contribution in [3.8, 4) is 22.8 Å². The summed E-state index contributed by atoms with van der Waals surface area (Å²) >= 11 is 0.